The lowest BCUT2D eigenvalue weighted by atomic mass is 9.97. The minimum absolute atomic E-state index is 0.0381. The van der Waals surface area contributed by atoms with Gasteiger partial charge in [0, 0.05) is 31.2 Å². The average molecular weight is 464 g/mol. The van der Waals surface area contributed by atoms with Gasteiger partial charge in [-0.3, -0.25) is 14.2 Å². The van der Waals surface area contributed by atoms with Crippen molar-refractivity contribution in [2.45, 2.75) is 12.2 Å². The van der Waals surface area contributed by atoms with Gasteiger partial charge < -0.3 is 10.3 Å². The Balaban J connectivity index is 1.55. The van der Waals surface area contributed by atoms with Crippen molar-refractivity contribution in [1.82, 2.24) is 24.8 Å². The number of hydrogen-bond acceptors (Lipinski definition) is 5. The van der Waals surface area contributed by atoms with Crippen molar-refractivity contribution in [3.63, 3.8) is 0 Å². The Hall–Kier alpha value is -4.18. The quantitative estimate of drug-likeness (QED) is 0.459. The molecule has 172 valence electrons. The summed E-state index contributed by atoms with van der Waals surface area (Å²) in [7, 11) is 1.68. The Kier molecular flexibility index (Phi) is 5.29. The molecule has 7 nitrogen and oxygen atoms in total. The summed E-state index contributed by atoms with van der Waals surface area (Å²) in [4.78, 5) is 22.1. The molecule has 0 fully saturated rings. The first-order valence-corrected chi connectivity index (χ1v) is 10.4. The highest BCUT2D eigenvalue weighted by atomic mass is 19.4. The lowest BCUT2D eigenvalue weighted by molar-refractivity contribution is -0.138. The van der Waals surface area contributed by atoms with E-state index in [-0.39, 0.29) is 11.1 Å². The molecule has 0 saturated carbocycles. The number of carbonyl (C=O) groups excluding carboxylic acids is 1. The molecule has 2 N–H and O–H groups in total. The Labute approximate surface area is 192 Å². The molecule has 1 unspecified atom stereocenters. The van der Waals surface area contributed by atoms with Gasteiger partial charge in [-0.05, 0) is 54.1 Å². The number of aromatic nitrogens is 3. The molecule has 0 radical (unpaired) electrons. The smallest absolute Gasteiger partial charge is 0.318 e. The number of fused-ring (bicyclic) bond motifs is 1. The first-order valence-electron chi connectivity index (χ1n) is 10.4. The molecule has 3 aromatic heterocycles. The Morgan fingerprint density at radius 1 is 1.12 bits per heavy atom. The highest BCUT2D eigenvalue weighted by Crippen LogP contribution is 2.37. The number of anilines is 1. The highest BCUT2D eigenvalue weighted by Gasteiger charge is 2.36. The van der Waals surface area contributed by atoms with E-state index in [9.17, 15) is 18.0 Å². The molecule has 1 atom stereocenters. The van der Waals surface area contributed by atoms with Crippen LogP contribution in [0.5, 0.6) is 0 Å². The van der Waals surface area contributed by atoms with Gasteiger partial charge in [0.05, 0.1) is 17.3 Å². The van der Waals surface area contributed by atoms with E-state index in [1.807, 2.05) is 6.07 Å². The molecule has 0 spiro atoms. The maximum Gasteiger partial charge on any atom is 0.416 e. The van der Waals surface area contributed by atoms with Gasteiger partial charge >= 0.3 is 6.18 Å². The lowest BCUT2D eigenvalue weighted by Crippen LogP contribution is -2.28. The van der Waals surface area contributed by atoms with E-state index in [0.717, 1.165) is 6.07 Å². The van der Waals surface area contributed by atoms with E-state index in [1.165, 1.54) is 12.1 Å². The molecule has 1 amide bonds. The molecule has 10 heteroatoms. The van der Waals surface area contributed by atoms with E-state index in [0.29, 0.717) is 22.9 Å². The molecule has 1 aliphatic heterocycles. The summed E-state index contributed by atoms with van der Waals surface area (Å²) in [6, 6.07) is 13.4. The van der Waals surface area contributed by atoms with Crippen LogP contribution in [0, 0.1) is 0 Å². The number of amides is 1. The number of nitrogens with one attached hydrogen (secondary N) is 2. The predicted octanol–water partition coefficient (Wildman–Crippen LogP) is 4.67. The number of pyridine rings is 2. The fourth-order valence-electron chi connectivity index (χ4n) is 3.89. The molecule has 1 aromatic carbocycles. The maximum atomic E-state index is 13.7. The monoisotopic (exact) mass is 464 g/mol. The van der Waals surface area contributed by atoms with Crippen molar-refractivity contribution in [2.75, 3.05) is 12.4 Å². The van der Waals surface area contributed by atoms with Crippen LogP contribution < -0.4 is 10.7 Å². The largest absolute Gasteiger partial charge is 0.416 e. The number of halogens is 3. The SMILES string of the molecule is CN1C=CC(c2cc(C(=O)Nc3c(-c4ccccn4)nc4ccccn34)ccc2C(F)(F)F)N1. The average Bonchev–Trinajstić information content (AvgIpc) is 3.42. The van der Waals surface area contributed by atoms with Crippen LogP contribution in [0.1, 0.15) is 27.5 Å². The van der Waals surface area contributed by atoms with Crippen molar-refractivity contribution in [2.24, 2.45) is 0 Å². The number of rotatable bonds is 4. The van der Waals surface area contributed by atoms with E-state index in [4.69, 9.17) is 0 Å². The summed E-state index contributed by atoms with van der Waals surface area (Å²) in [6.07, 6.45) is 2.04. The van der Waals surface area contributed by atoms with Gasteiger partial charge in [0.15, 0.2) is 0 Å². The second-order valence-electron chi connectivity index (χ2n) is 7.77. The molecule has 1 aliphatic rings. The van der Waals surface area contributed by atoms with Crippen LogP contribution in [-0.2, 0) is 6.18 Å². The van der Waals surface area contributed by atoms with Gasteiger partial charge in [-0.15, -0.1) is 0 Å². The molecular formula is C24H19F3N6O. The van der Waals surface area contributed by atoms with Crippen molar-refractivity contribution < 1.29 is 18.0 Å². The zero-order valence-corrected chi connectivity index (χ0v) is 17.9. The van der Waals surface area contributed by atoms with E-state index < -0.39 is 23.7 Å². The lowest BCUT2D eigenvalue weighted by Gasteiger charge is -2.20. The number of hydrogen-bond donors (Lipinski definition) is 2. The zero-order chi connectivity index (χ0) is 23.9. The Bertz CT molecular complexity index is 1400. The number of nitrogens with zero attached hydrogens (tertiary/aromatic N) is 4. The number of imidazole rings is 1. The third-order valence-electron chi connectivity index (χ3n) is 5.47. The van der Waals surface area contributed by atoms with Crippen LogP contribution in [0.25, 0.3) is 17.0 Å². The molecule has 0 aliphatic carbocycles. The third-order valence-corrected chi connectivity index (χ3v) is 5.47. The van der Waals surface area contributed by atoms with Crippen molar-refractivity contribution in [1.29, 1.82) is 0 Å². The highest BCUT2D eigenvalue weighted by molar-refractivity contribution is 6.05. The van der Waals surface area contributed by atoms with Crippen LogP contribution in [0.2, 0.25) is 0 Å². The van der Waals surface area contributed by atoms with Crippen LogP contribution in [0.4, 0.5) is 19.0 Å². The summed E-state index contributed by atoms with van der Waals surface area (Å²) < 4.78 is 42.7. The normalized spacial score (nSPS) is 15.8. The molecule has 4 heterocycles. The second kappa shape index (κ2) is 8.31. The molecule has 0 saturated heterocycles. The van der Waals surface area contributed by atoms with Gasteiger partial charge in [-0.25, -0.2) is 10.4 Å². The van der Waals surface area contributed by atoms with Crippen LogP contribution >= 0.6 is 0 Å². The number of carbonyl (C=O) groups is 1. The summed E-state index contributed by atoms with van der Waals surface area (Å²) in [5, 5.41) is 4.39. The molecule has 0 bridgehead atoms. The van der Waals surface area contributed by atoms with E-state index in [1.54, 1.807) is 71.5 Å². The number of alkyl halides is 3. The van der Waals surface area contributed by atoms with Gasteiger partial charge in [0.1, 0.15) is 17.2 Å². The van der Waals surface area contributed by atoms with Crippen LogP contribution in [0.15, 0.2) is 79.3 Å². The summed E-state index contributed by atoms with van der Waals surface area (Å²) in [6.45, 7) is 0. The van der Waals surface area contributed by atoms with E-state index in [2.05, 4.69) is 20.7 Å². The second-order valence-corrected chi connectivity index (χ2v) is 7.77. The van der Waals surface area contributed by atoms with Gasteiger partial charge in [0.2, 0.25) is 0 Å². The topological polar surface area (TPSA) is 74.6 Å². The fourth-order valence-corrected chi connectivity index (χ4v) is 3.89. The first-order chi connectivity index (χ1) is 16.3. The zero-order valence-electron chi connectivity index (χ0n) is 17.9. The first kappa shape index (κ1) is 21.7. The van der Waals surface area contributed by atoms with Crippen molar-refractivity contribution in [3.8, 4) is 11.4 Å². The summed E-state index contributed by atoms with van der Waals surface area (Å²) in [5.74, 6) is -0.187. The van der Waals surface area contributed by atoms with E-state index >= 15 is 0 Å². The summed E-state index contributed by atoms with van der Waals surface area (Å²) in [5.41, 5.74) is 3.77. The van der Waals surface area contributed by atoms with Gasteiger partial charge in [0.25, 0.3) is 5.91 Å². The molecule has 4 aromatic rings. The van der Waals surface area contributed by atoms with Crippen molar-refractivity contribution in [3.05, 3.63) is 96.0 Å². The molecule has 34 heavy (non-hydrogen) atoms. The van der Waals surface area contributed by atoms with Gasteiger partial charge in [-0.1, -0.05) is 12.1 Å². The standard InChI is InChI=1S/C24H19F3N6O/c1-32-13-10-18(31-32)16-14-15(8-9-17(16)24(25,26)27)23(34)30-22-21(19-6-2-4-11-28-19)29-20-7-3-5-12-33(20)22/h2-14,18,31H,1H3,(H,30,34). The minimum atomic E-state index is -4.56. The number of hydrazine groups is 1. The number of benzene rings is 1. The minimum Gasteiger partial charge on any atom is -0.318 e. The fraction of sp³-hybridized carbons (Fsp3) is 0.125. The van der Waals surface area contributed by atoms with Crippen LogP contribution in [0.3, 0.4) is 0 Å². The van der Waals surface area contributed by atoms with Gasteiger partial charge in [-0.2, -0.15) is 13.2 Å². The van der Waals surface area contributed by atoms with Crippen molar-refractivity contribution >= 4 is 17.4 Å². The predicted molar refractivity (Wildman–Crippen MR) is 121 cm³/mol. The summed E-state index contributed by atoms with van der Waals surface area (Å²) >= 11 is 0. The maximum absolute atomic E-state index is 13.7. The van der Waals surface area contributed by atoms with Crippen LogP contribution in [-0.4, -0.2) is 32.3 Å². The molecular weight excluding hydrogens is 445 g/mol. The Morgan fingerprint density at radius 3 is 2.65 bits per heavy atom. The molecule has 5 rings (SSSR count). The Morgan fingerprint density at radius 2 is 1.94 bits per heavy atom. The third kappa shape index (κ3) is 3.99.